The van der Waals surface area contributed by atoms with Gasteiger partial charge in [0.15, 0.2) is 0 Å². The topological polar surface area (TPSA) is 59.9 Å². The van der Waals surface area contributed by atoms with Crippen molar-refractivity contribution in [1.29, 1.82) is 0 Å². The predicted molar refractivity (Wildman–Crippen MR) is 95.3 cm³/mol. The third-order valence-corrected chi connectivity index (χ3v) is 4.75. The van der Waals surface area contributed by atoms with E-state index in [1.165, 1.54) is 0 Å². The minimum absolute atomic E-state index is 0.209. The smallest absolute Gasteiger partial charge is 0.226 e. The number of nitrogens with zero attached hydrogens (tertiary/aromatic N) is 2. The van der Waals surface area contributed by atoms with Gasteiger partial charge in [0.1, 0.15) is 10.1 Å². The summed E-state index contributed by atoms with van der Waals surface area (Å²) < 4.78 is 0. The fraction of sp³-hybridized carbons (Fsp3) is 0. The lowest BCUT2D eigenvalue weighted by Crippen LogP contribution is -2.04. The third-order valence-electron chi connectivity index (χ3n) is 3.04. The molecule has 2 aromatic heterocycles. The minimum atomic E-state index is -0.209. The number of pyridine rings is 2. The highest BCUT2D eigenvalue weighted by Gasteiger charge is 2.19. The van der Waals surface area contributed by atoms with Gasteiger partial charge in [-0.3, -0.25) is 9.59 Å². The second-order valence-corrected chi connectivity index (χ2v) is 6.65. The van der Waals surface area contributed by atoms with E-state index < -0.39 is 0 Å². The highest BCUT2D eigenvalue weighted by molar-refractivity contribution is 8.14. The SMILES string of the molecule is O=C(Sc1ccccn1)c1ccccc1C(=O)Sc1ccccn1. The number of rotatable bonds is 4. The molecule has 0 radical (unpaired) electrons. The van der Waals surface area contributed by atoms with E-state index in [1.807, 2.05) is 12.1 Å². The van der Waals surface area contributed by atoms with Gasteiger partial charge in [0, 0.05) is 23.5 Å². The molecule has 0 atom stereocenters. The molecule has 0 unspecified atom stereocenters. The van der Waals surface area contributed by atoms with E-state index in [0.717, 1.165) is 23.5 Å². The van der Waals surface area contributed by atoms with Crippen LogP contribution in [-0.2, 0) is 0 Å². The molecule has 0 saturated carbocycles. The summed E-state index contributed by atoms with van der Waals surface area (Å²) >= 11 is 2.01. The number of aromatic nitrogens is 2. The largest absolute Gasteiger partial charge is 0.281 e. The van der Waals surface area contributed by atoms with Crippen molar-refractivity contribution in [3.8, 4) is 0 Å². The average molecular weight is 352 g/mol. The lowest BCUT2D eigenvalue weighted by molar-refractivity contribution is 0.105. The molecule has 0 bridgehead atoms. The minimum Gasteiger partial charge on any atom is -0.281 e. The monoisotopic (exact) mass is 352 g/mol. The van der Waals surface area contributed by atoms with Gasteiger partial charge in [-0.1, -0.05) is 24.3 Å². The van der Waals surface area contributed by atoms with Crippen molar-refractivity contribution in [2.75, 3.05) is 0 Å². The van der Waals surface area contributed by atoms with Crippen molar-refractivity contribution >= 4 is 33.8 Å². The summed E-state index contributed by atoms with van der Waals surface area (Å²) in [4.78, 5) is 33.3. The number of carbonyl (C=O) groups excluding carboxylic acids is 2. The molecule has 3 rings (SSSR count). The van der Waals surface area contributed by atoms with E-state index in [0.29, 0.717) is 21.2 Å². The van der Waals surface area contributed by atoms with E-state index in [1.54, 1.807) is 60.9 Å². The molecule has 4 nitrogen and oxygen atoms in total. The Morgan fingerprint density at radius 2 is 1.04 bits per heavy atom. The Kier molecular flexibility index (Phi) is 5.40. The van der Waals surface area contributed by atoms with Crippen LogP contribution in [-0.4, -0.2) is 20.2 Å². The highest BCUT2D eigenvalue weighted by atomic mass is 32.2. The van der Waals surface area contributed by atoms with Gasteiger partial charge in [0.2, 0.25) is 10.2 Å². The molecule has 6 heteroatoms. The maximum Gasteiger partial charge on any atom is 0.226 e. The number of carbonyl (C=O) groups is 2. The first-order valence-electron chi connectivity index (χ1n) is 7.09. The van der Waals surface area contributed by atoms with Crippen LogP contribution in [0.5, 0.6) is 0 Å². The summed E-state index contributed by atoms with van der Waals surface area (Å²) in [7, 11) is 0. The van der Waals surface area contributed by atoms with E-state index >= 15 is 0 Å². The molecule has 24 heavy (non-hydrogen) atoms. The summed E-state index contributed by atoms with van der Waals surface area (Å²) in [6.45, 7) is 0. The molecule has 1 aromatic carbocycles. The van der Waals surface area contributed by atoms with Crippen LogP contribution < -0.4 is 0 Å². The average Bonchev–Trinajstić information content (AvgIpc) is 2.63. The van der Waals surface area contributed by atoms with Gasteiger partial charge in [0.25, 0.3) is 0 Å². The third kappa shape index (κ3) is 4.10. The van der Waals surface area contributed by atoms with Gasteiger partial charge >= 0.3 is 0 Å². The first-order valence-corrected chi connectivity index (χ1v) is 8.73. The Balaban J connectivity index is 1.82. The standard InChI is InChI=1S/C18H12N2O2S2/c21-17(23-15-9-3-5-11-19-15)13-7-1-2-8-14(13)18(22)24-16-10-4-6-12-20-16/h1-12H. The zero-order chi connectivity index (χ0) is 16.8. The summed E-state index contributed by atoms with van der Waals surface area (Å²) in [6, 6.07) is 17.5. The molecule has 0 fully saturated rings. The molecular formula is C18H12N2O2S2. The van der Waals surface area contributed by atoms with Crippen LogP contribution in [0.2, 0.25) is 0 Å². The van der Waals surface area contributed by atoms with Crippen molar-refractivity contribution in [2.45, 2.75) is 10.1 Å². The van der Waals surface area contributed by atoms with Crippen LogP contribution in [0.1, 0.15) is 20.7 Å². The molecule has 0 spiro atoms. The van der Waals surface area contributed by atoms with Crippen molar-refractivity contribution in [2.24, 2.45) is 0 Å². The number of hydrogen-bond donors (Lipinski definition) is 0. The van der Waals surface area contributed by atoms with Crippen LogP contribution in [0.25, 0.3) is 0 Å². The molecule has 0 saturated heterocycles. The predicted octanol–water partition coefficient (Wildman–Crippen LogP) is 4.34. The van der Waals surface area contributed by atoms with E-state index in [2.05, 4.69) is 9.97 Å². The van der Waals surface area contributed by atoms with Gasteiger partial charge in [-0.2, -0.15) is 0 Å². The number of benzene rings is 1. The number of hydrogen-bond acceptors (Lipinski definition) is 6. The molecule has 0 aliphatic heterocycles. The first-order chi connectivity index (χ1) is 11.7. The van der Waals surface area contributed by atoms with Crippen LogP contribution in [0.4, 0.5) is 0 Å². The van der Waals surface area contributed by atoms with Crippen molar-refractivity contribution in [1.82, 2.24) is 9.97 Å². The second-order valence-electron chi connectivity index (χ2n) is 4.66. The molecular weight excluding hydrogens is 340 g/mol. The summed E-state index contributed by atoms with van der Waals surface area (Å²) in [5.41, 5.74) is 0.753. The molecule has 0 aliphatic rings. The second kappa shape index (κ2) is 7.90. The maximum atomic E-state index is 12.5. The fourth-order valence-corrected chi connectivity index (χ4v) is 3.43. The van der Waals surface area contributed by atoms with Crippen molar-refractivity contribution in [3.63, 3.8) is 0 Å². The van der Waals surface area contributed by atoms with E-state index in [4.69, 9.17) is 0 Å². The van der Waals surface area contributed by atoms with Gasteiger partial charge in [-0.05, 0) is 59.9 Å². The lowest BCUT2D eigenvalue weighted by atomic mass is 10.1. The quantitative estimate of drug-likeness (QED) is 0.651. The zero-order valence-electron chi connectivity index (χ0n) is 12.5. The van der Waals surface area contributed by atoms with E-state index in [-0.39, 0.29) is 10.2 Å². The Bertz CT molecular complexity index is 783. The Morgan fingerprint density at radius 1 is 0.625 bits per heavy atom. The molecule has 118 valence electrons. The Morgan fingerprint density at radius 3 is 1.42 bits per heavy atom. The summed E-state index contributed by atoms with van der Waals surface area (Å²) in [5.74, 6) is 0. The normalized spacial score (nSPS) is 10.3. The zero-order valence-corrected chi connectivity index (χ0v) is 14.1. The highest BCUT2D eigenvalue weighted by Crippen LogP contribution is 2.27. The molecule has 0 N–H and O–H groups in total. The van der Waals surface area contributed by atoms with Crippen molar-refractivity contribution in [3.05, 3.63) is 84.2 Å². The van der Waals surface area contributed by atoms with Crippen molar-refractivity contribution < 1.29 is 9.59 Å². The summed E-state index contributed by atoms with van der Waals surface area (Å²) in [6.07, 6.45) is 3.26. The molecule has 3 aromatic rings. The first kappa shape index (κ1) is 16.4. The lowest BCUT2D eigenvalue weighted by Gasteiger charge is -2.06. The maximum absolute atomic E-state index is 12.5. The van der Waals surface area contributed by atoms with Crippen LogP contribution in [0.15, 0.2) is 83.1 Å². The molecule has 0 amide bonds. The Hall–Kier alpha value is -2.44. The van der Waals surface area contributed by atoms with Gasteiger partial charge in [0.05, 0.1) is 0 Å². The van der Waals surface area contributed by atoms with Gasteiger partial charge in [-0.15, -0.1) is 0 Å². The van der Waals surface area contributed by atoms with Crippen LogP contribution in [0.3, 0.4) is 0 Å². The summed E-state index contributed by atoms with van der Waals surface area (Å²) in [5, 5.41) is 0.780. The van der Waals surface area contributed by atoms with Crippen LogP contribution >= 0.6 is 23.5 Å². The van der Waals surface area contributed by atoms with Gasteiger partial charge < -0.3 is 0 Å². The van der Waals surface area contributed by atoms with E-state index in [9.17, 15) is 9.59 Å². The number of thioether (sulfide) groups is 2. The molecule has 2 heterocycles. The van der Waals surface area contributed by atoms with Gasteiger partial charge in [-0.25, -0.2) is 9.97 Å². The van der Waals surface area contributed by atoms with Crippen LogP contribution in [0, 0.1) is 0 Å². The Labute approximate surface area is 147 Å². The fourth-order valence-electron chi connectivity index (χ4n) is 1.95. The molecule has 0 aliphatic carbocycles.